The first kappa shape index (κ1) is 30.7. The van der Waals surface area contributed by atoms with E-state index in [1.54, 1.807) is 24.3 Å². The third kappa shape index (κ3) is 9.70. The summed E-state index contributed by atoms with van der Waals surface area (Å²) in [5, 5.41) is 6.53. The maximum Gasteiger partial charge on any atom is 0.323 e. The van der Waals surface area contributed by atoms with Crippen molar-refractivity contribution in [1.82, 2.24) is 5.32 Å². The number of rotatable bonds is 15. The molecular formula is C28H39ClN4O5S. The van der Waals surface area contributed by atoms with E-state index < -0.39 is 11.9 Å². The van der Waals surface area contributed by atoms with Gasteiger partial charge in [0.15, 0.2) is 0 Å². The largest absolute Gasteiger partial charge is 0.494 e. The summed E-state index contributed by atoms with van der Waals surface area (Å²) in [4.78, 5) is 36.3. The van der Waals surface area contributed by atoms with Crippen LogP contribution in [0.2, 0.25) is 5.02 Å². The van der Waals surface area contributed by atoms with Crippen molar-refractivity contribution in [2.75, 3.05) is 18.5 Å². The number of hydrogen-bond donors (Lipinski definition) is 4. The van der Waals surface area contributed by atoms with E-state index in [-0.39, 0.29) is 28.7 Å². The Morgan fingerprint density at radius 3 is 2.49 bits per heavy atom. The van der Waals surface area contributed by atoms with Crippen molar-refractivity contribution in [2.24, 2.45) is 17.4 Å². The lowest BCUT2D eigenvalue weighted by molar-refractivity contribution is -0.151. The SMILES string of the molecule is CC(C)C[C@H](NCCCCCOc1ccc(-c2cc(C(N)=O)c(NC(N)=O)s2)c(Cl)c1)C(=O)OC1CCCC1. The maximum absolute atomic E-state index is 12.6. The summed E-state index contributed by atoms with van der Waals surface area (Å²) in [6.07, 6.45) is 7.83. The lowest BCUT2D eigenvalue weighted by Crippen LogP contribution is -2.40. The van der Waals surface area contributed by atoms with Crippen LogP contribution in [0, 0.1) is 5.92 Å². The zero-order chi connectivity index (χ0) is 28.4. The van der Waals surface area contributed by atoms with Crippen LogP contribution in [0.1, 0.15) is 75.6 Å². The maximum atomic E-state index is 12.6. The predicted molar refractivity (Wildman–Crippen MR) is 155 cm³/mol. The van der Waals surface area contributed by atoms with E-state index in [1.165, 1.54) is 0 Å². The summed E-state index contributed by atoms with van der Waals surface area (Å²) in [5.74, 6) is 0.250. The van der Waals surface area contributed by atoms with Crippen LogP contribution in [0.5, 0.6) is 5.75 Å². The van der Waals surface area contributed by atoms with Gasteiger partial charge in [0, 0.05) is 10.4 Å². The van der Waals surface area contributed by atoms with Gasteiger partial charge >= 0.3 is 12.0 Å². The highest BCUT2D eigenvalue weighted by Crippen LogP contribution is 2.39. The Kier molecular flexibility index (Phi) is 11.9. The van der Waals surface area contributed by atoms with Gasteiger partial charge in [-0.15, -0.1) is 11.3 Å². The molecule has 0 bridgehead atoms. The molecule has 0 aliphatic heterocycles. The minimum Gasteiger partial charge on any atom is -0.494 e. The summed E-state index contributed by atoms with van der Waals surface area (Å²) >= 11 is 7.65. The third-order valence-electron chi connectivity index (χ3n) is 6.50. The van der Waals surface area contributed by atoms with Crippen molar-refractivity contribution in [2.45, 2.75) is 77.4 Å². The van der Waals surface area contributed by atoms with E-state index in [1.807, 2.05) is 0 Å². The number of amides is 3. The number of ether oxygens (including phenoxy) is 2. The number of primary amides is 2. The van der Waals surface area contributed by atoms with Crippen LogP contribution in [0.15, 0.2) is 24.3 Å². The molecule has 1 atom stereocenters. The first-order valence-electron chi connectivity index (χ1n) is 13.5. The molecule has 1 fully saturated rings. The van der Waals surface area contributed by atoms with Gasteiger partial charge in [0.25, 0.3) is 5.91 Å². The highest BCUT2D eigenvalue weighted by atomic mass is 35.5. The zero-order valence-corrected chi connectivity index (χ0v) is 24.2. The molecule has 1 saturated carbocycles. The number of carbonyl (C=O) groups excluding carboxylic acids is 3. The lowest BCUT2D eigenvalue weighted by Gasteiger charge is -2.21. The van der Waals surface area contributed by atoms with Gasteiger partial charge in [-0.2, -0.15) is 0 Å². The van der Waals surface area contributed by atoms with Crippen LogP contribution in [-0.4, -0.2) is 43.2 Å². The third-order valence-corrected chi connectivity index (χ3v) is 7.89. The number of hydrogen-bond acceptors (Lipinski definition) is 7. The normalized spacial score (nSPS) is 14.4. The molecule has 1 aliphatic rings. The molecule has 0 radical (unpaired) electrons. The average molecular weight is 579 g/mol. The topological polar surface area (TPSA) is 146 Å². The Morgan fingerprint density at radius 1 is 1.10 bits per heavy atom. The minimum absolute atomic E-state index is 0.0860. The predicted octanol–water partition coefficient (Wildman–Crippen LogP) is 5.70. The quantitative estimate of drug-likeness (QED) is 0.157. The van der Waals surface area contributed by atoms with Gasteiger partial charge in [0.1, 0.15) is 22.9 Å². The number of nitrogens with one attached hydrogen (secondary N) is 2. The summed E-state index contributed by atoms with van der Waals surface area (Å²) in [6.45, 7) is 5.51. The molecule has 2 aromatic rings. The van der Waals surface area contributed by atoms with Gasteiger partial charge in [0.05, 0.1) is 17.2 Å². The highest BCUT2D eigenvalue weighted by Gasteiger charge is 2.25. The second-order valence-corrected chi connectivity index (χ2v) is 11.7. The number of nitrogens with two attached hydrogens (primary N) is 2. The van der Waals surface area contributed by atoms with Crippen molar-refractivity contribution < 1.29 is 23.9 Å². The van der Waals surface area contributed by atoms with Crippen LogP contribution in [0.25, 0.3) is 10.4 Å². The Morgan fingerprint density at radius 2 is 1.85 bits per heavy atom. The minimum atomic E-state index is -0.784. The molecule has 1 aliphatic carbocycles. The van der Waals surface area contributed by atoms with Crippen LogP contribution >= 0.6 is 22.9 Å². The molecule has 214 valence electrons. The molecule has 0 saturated heterocycles. The Balaban J connectivity index is 1.42. The lowest BCUT2D eigenvalue weighted by atomic mass is 10.0. The molecular weight excluding hydrogens is 540 g/mol. The molecule has 1 aromatic carbocycles. The molecule has 0 unspecified atom stereocenters. The number of unbranched alkanes of at least 4 members (excludes halogenated alkanes) is 2. The van der Waals surface area contributed by atoms with Gasteiger partial charge in [0.2, 0.25) is 0 Å². The number of urea groups is 1. The number of anilines is 1. The smallest absolute Gasteiger partial charge is 0.323 e. The van der Waals surface area contributed by atoms with Crippen LogP contribution in [-0.2, 0) is 9.53 Å². The van der Waals surface area contributed by atoms with Crippen LogP contribution < -0.4 is 26.8 Å². The first-order valence-corrected chi connectivity index (χ1v) is 14.7. The monoisotopic (exact) mass is 578 g/mol. The van der Waals surface area contributed by atoms with Gasteiger partial charge in [-0.1, -0.05) is 25.4 Å². The van der Waals surface area contributed by atoms with E-state index in [2.05, 4.69) is 24.5 Å². The van der Waals surface area contributed by atoms with E-state index in [0.29, 0.717) is 33.7 Å². The number of benzene rings is 1. The number of esters is 1. The molecule has 0 spiro atoms. The Labute approximate surface area is 238 Å². The van der Waals surface area contributed by atoms with Gasteiger partial charge in [-0.3, -0.25) is 14.9 Å². The number of halogens is 1. The van der Waals surface area contributed by atoms with E-state index in [4.69, 9.17) is 32.5 Å². The zero-order valence-electron chi connectivity index (χ0n) is 22.6. The molecule has 11 heteroatoms. The van der Waals surface area contributed by atoms with Crippen molar-refractivity contribution in [3.8, 4) is 16.2 Å². The number of thiophene rings is 1. The molecule has 6 N–H and O–H groups in total. The number of carbonyl (C=O) groups is 3. The Hall–Kier alpha value is -2.82. The average Bonchev–Trinajstić information content (AvgIpc) is 3.52. The van der Waals surface area contributed by atoms with Crippen molar-refractivity contribution in [3.05, 3.63) is 34.9 Å². The molecule has 3 amide bonds. The summed E-state index contributed by atoms with van der Waals surface area (Å²) in [7, 11) is 0. The Bertz CT molecular complexity index is 1130. The van der Waals surface area contributed by atoms with Crippen LogP contribution in [0.4, 0.5) is 9.80 Å². The van der Waals surface area contributed by atoms with Crippen molar-refractivity contribution in [3.63, 3.8) is 0 Å². The fourth-order valence-electron chi connectivity index (χ4n) is 4.55. The van der Waals surface area contributed by atoms with Gasteiger partial charge in [-0.25, -0.2) is 4.79 Å². The second-order valence-electron chi connectivity index (χ2n) is 10.2. The van der Waals surface area contributed by atoms with E-state index in [0.717, 1.165) is 69.2 Å². The molecule has 9 nitrogen and oxygen atoms in total. The summed E-state index contributed by atoms with van der Waals surface area (Å²) < 4.78 is 11.6. The fourth-order valence-corrected chi connectivity index (χ4v) is 5.99. The van der Waals surface area contributed by atoms with Crippen LogP contribution in [0.3, 0.4) is 0 Å². The van der Waals surface area contributed by atoms with E-state index in [9.17, 15) is 14.4 Å². The molecule has 3 rings (SSSR count). The fraction of sp³-hybridized carbons (Fsp3) is 0.536. The summed E-state index contributed by atoms with van der Waals surface area (Å²) in [5.41, 5.74) is 11.5. The molecule has 39 heavy (non-hydrogen) atoms. The van der Waals surface area contributed by atoms with Gasteiger partial charge in [-0.05, 0) is 88.1 Å². The molecule has 1 aromatic heterocycles. The van der Waals surface area contributed by atoms with Gasteiger partial charge < -0.3 is 26.3 Å². The first-order chi connectivity index (χ1) is 18.6. The highest BCUT2D eigenvalue weighted by molar-refractivity contribution is 7.20. The second kappa shape index (κ2) is 15.1. The standard InChI is InChI=1S/C28H39ClN4O5S/c1-17(2)14-23(27(35)38-18-8-4-5-9-18)32-12-6-3-7-13-37-19-10-11-20(22(29)15-19)24-16-21(25(30)34)26(39-24)33-28(31)36/h10-11,15-18,23,32H,3-9,12-14H2,1-2H3,(H2,30,34)(H3,31,33,36)/t23-/m0/s1. The van der Waals surface area contributed by atoms with E-state index >= 15 is 0 Å². The van der Waals surface area contributed by atoms with Crippen molar-refractivity contribution in [1.29, 1.82) is 0 Å². The summed E-state index contributed by atoms with van der Waals surface area (Å²) in [6, 6.07) is 5.86. The van der Waals surface area contributed by atoms with Crippen molar-refractivity contribution >= 4 is 45.8 Å². The molecule has 1 heterocycles.